The smallest absolute Gasteiger partial charge is 0.323 e. The zero-order valence-corrected chi connectivity index (χ0v) is 16.2. The van der Waals surface area contributed by atoms with Gasteiger partial charge in [0.25, 0.3) is 0 Å². The van der Waals surface area contributed by atoms with E-state index >= 15 is 0 Å². The van der Waals surface area contributed by atoms with Gasteiger partial charge in [-0.1, -0.05) is 61.9 Å². The van der Waals surface area contributed by atoms with E-state index in [1.54, 1.807) is 24.3 Å². The van der Waals surface area contributed by atoms with Crippen LogP contribution in [0, 0.1) is 0 Å². The molecule has 2 atom stereocenters. The highest BCUT2D eigenvalue weighted by molar-refractivity contribution is 7.56. The maximum Gasteiger partial charge on any atom is 0.323 e. The normalized spacial score (nSPS) is 14.2. The van der Waals surface area contributed by atoms with Crippen molar-refractivity contribution in [2.24, 2.45) is 0 Å². The molecule has 0 aromatic heterocycles. The zero-order chi connectivity index (χ0) is 18.8. The summed E-state index contributed by atoms with van der Waals surface area (Å²) in [6.07, 6.45) is 2.11. The van der Waals surface area contributed by atoms with Gasteiger partial charge in [0.2, 0.25) is 0 Å². The molecule has 6 heteroatoms. The van der Waals surface area contributed by atoms with Crippen LogP contribution in [0.2, 0.25) is 0 Å². The summed E-state index contributed by atoms with van der Waals surface area (Å²) in [7, 11) is -3.25. The number of para-hydroxylation sites is 1. The molecule has 2 rings (SSSR count). The Morgan fingerprint density at radius 3 is 2.31 bits per heavy atom. The van der Waals surface area contributed by atoms with Crippen LogP contribution in [-0.4, -0.2) is 25.3 Å². The van der Waals surface area contributed by atoms with Gasteiger partial charge >= 0.3 is 13.5 Å². The van der Waals surface area contributed by atoms with Gasteiger partial charge in [-0.3, -0.25) is 9.36 Å². The predicted molar refractivity (Wildman–Crippen MR) is 104 cm³/mol. The first kappa shape index (κ1) is 20.2. The first-order valence-electron chi connectivity index (χ1n) is 8.80. The molecule has 0 spiro atoms. The van der Waals surface area contributed by atoms with E-state index < -0.39 is 19.5 Å². The summed E-state index contributed by atoms with van der Waals surface area (Å²) in [5.74, 6) is 0.0738. The summed E-state index contributed by atoms with van der Waals surface area (Å²) >= 11 is 0. The van der Waals surface area contributed by atoms with E-state index in [0.717, 1.165) is 18.4 Å². The molecule has 0 saturated carbocycles. The van der Waals surface area contributed by atoms with Gasteiger partial charge < -0.3 is 9.26 Å². The van der Waals surface area contributed by atoms with Gasteiger partial charge in [-0.05, 0) is 30.5 Å². The number of nitrogens with one attached hydrogen (secondary N) is 1. The maximum atomic E-state index is 12.9. The molecule has 1 N–H and O–H groups in total. The van der Waals surface area contributed by atoms with Crippen LogP contribution < -0.4 is 9.61 Å². The summed E-state index contributed by atoms with van der Waals surface area (Å²) in [5, 5.41) is 2.88. The Balaban J connectivity index is 2.08. The minimum Gasteiger partial charge on any atom is -0.465 e. The van der Waals surface area contributed by atoms with Crippen LogP contribution in [-0.2, 0) is 20.5 Å². The maximum absolute atomic E-state index is 12.9. The van der Waals surface area contributed by atoms with E-state index in [4.69, 9.17) is 9.26 Å². The number of carbonyl (C=O) groups is 1. The SMILES string of the molecule is CCCCOC(=O)C(Cc1ccccc1)NP(C)(=O)Oc1ccccc1. The minimum absolute atomic E-state index is 0.357. The predicted octanol–water partition coefficient (Wildman–Crippen LogP) is 4.43. The van der Waals surface area contributed by atoms with Crippen LogP contribution in [0.3, 0.4) is 0 Å². The molecule has 0 aliphatic carbocycles. The Kier molecular flexibility index (Phi) is 7.89. The van der Waals surface area contributed by atoms with Crippen molar-refractivity contribution in [3.63, 3.8) is 0 Å². The molecule has 0 heterocycles. The molecule has 26 heavy (non-hydrogen) atoms. The lowest BCUT2D eigenvalue weighted by atomic mass is 10.1. The molecular formula is C20H26NO4P. The topological polar surface area (TPSA) is 64.6 Å². The fraction of sp³-hybridized carbons (Fsp3) is 0.350. The molecule has 2 aromatic rings. The average molecular weight is 375 g/mol. The van der Waals surface area contributed by atoms with E-state index in [9.17, 15) is 9.36 Å². The molecule has 140 valence electrons. The molecule has 0 aliphatic heterocycles. The molecule has 5 nitrogen and oxygen atoms in total. The van der Waals surface area contributed by atoms with Crippen molar-refractivity contribution in [1.29, 1.82) is 0 Å². The third-order valence-electron chi connectivity index (χ3n) is 3.72. The lowest BCUT2D eigenvalue weighted by Gasteiger charge is -2.23. The number of carbonyl (C=O) groups excluding carboxylic acids is 1. The molecule has 2 aromatic carbocycles. The Morgan fingerprint density at radius 2 is 1.69 bits per heavy atom. The van der Waals surface area contributed by atoms with Gasteiger partial charge in [0.05, 0.1) is 6.61 Å². The molecule has 0 fully saturated rings. The molecule has 0 bridgehead atoms. The van der Waals surface area contributed by atoms with Gasteiger partial charge in [0.15, 0.2) is 0 Å². The van der Waals surface area contributed by atoms with Crippen LogP contribution in [0.1, 0.15) is 25.3 Å². The number of esters is 1. The monoisotopic (exact) mass is 375 g/mol. The van der Waals surface area contributed by atoms with E-state index in [1.165, 1.54) is 6.66 Å². The van der Waals surface area contributed by atoms with Crippen molar-refractivity contribution >= 4 is 13.5 Å². The van der Waals surface area contributed by atoms with Gasteiger partial charge in [-0.2, -0.15) is 0 Å². The van der Waals surface area contributed by atoms with E-state index in [-0.39, 0.29) is 0 Å². The average Bonchev–Trinajstić information content (AvgIpc) is 2.62. The number of rotatable bonds is 10. The first-order chi connectivity index (χ1) is 12.5. The van der Waals surface area contributed by atoms with Gasteiger partial charge in [0.1, 0.15) is 11.8 Å². The fourth-order valence-corrected chi connectivity index (χ4v) is 3.78. The third kappa shape index (κ3) is 7.03. The summed E-state index contributed by atoms with van der Waals surface area (Å²) in [6, 6.07) is 17.7. The highest BCUT2D eigenvalue weighted by atomic mass is 31.2. The second kappa shape index (κ2) is 10.1. The summed E-state index contributed by atoms with van der Waals surface area (Å²) in [6.45, 7) is 3.86. The summed E-state index contributed by atoms with van der Waals surface area (Å²) in [4.78, 5) is 12.5. The van der Waals surface area contributed by atoms with Crippen LogP contribution in [0.15, 0.2) is 60.7 Å². The zero-order valence-electron chi connectivity index (χ0n) is 15.3. The Hall–Kier alpha value is -2.10. The Labute approximate surface area is 155 Å². The Bertz CT molecular complexity index is 721. The molecule has 0 radical (unpaired) electrons. The Morgan fingerprint density at radius 1 is 1.08 bits per heavy atom. The molecular weight excluding hydrogens is 349 g/mol. The molecule has 0 aliphatic rings. The summed E-state index contributed by atoms with van der Waals surface area (Å²) < 4.78 is 23.8. The number of benzene rings is 2. The molecule has 2 unspecified atom stereocenters. The number of hydrogen-bond acceptors (Lipinski definition) is 4. The van der Waals surface area contributed by atoms with E-state index in [0.29, 0.717) is 18.8 Å². The lowest BCUT2D eigenvalue weighted by molar-refractivity contribution is -0.145. The van der Waals surface area contributed by atoms with Crippen molar-refractivity contribution in [1.82, 2.24) is 5.09 Å². The largest absolute Gasteiger partial charge is 0.465 e. The molecule has 0 amide bonds. The third-order valence-corrected chi connectivity index (χ3v) is 5.06. The quantitative estimate of drug-likeness (QED) is 0.378. The van der Waals surface area contributed by atoms with Crippen LogP contribution in [0.5, 0.6) is 5.75 Å². The van der Waals surface area contributed by atoms with E-state index in [1.807, 2.05) is 43.3 Å². The van der Waals surface area contributed by atoms with Crippen molar-refractivity contribution in [2.45, 2.75) is 32.2 Å². The molecule has 0 saturated heterocycles. The van der Waals surface area contributed by atoms with Crippen LogP contribution >= 0.6 is 7.52 Å². The highest BCUT2D eigenvalue weighted by Crippen LogP contribution is 2.39. The van der Waals surface area contributed by atoms with Crippen molar-refractivity contribution < 1.29 is 18.6 Å². The van der Waals surface area contributed by atoms with Crippen molar-refractivity contribution in [2.75, 3.05) is 13.3 Å². The van der Waals surface area contributed by atoms with Gasteiger partial charge in [-0.25, -0.2) is 5.09 Å². The van der Waals surface area contributed by atoms with Gasteiger partial charge in [0, 0.05) is 6.66 Å². The number of ether oxygens (including phenoxy) is 1. The second-order valence-electron chi connectivity index (χ2n) is 6.14. The summed E-state index contributed by atoms with van der Waals surface area (Å²) in [5.41, 5.74) is 0.956. The second-order valence-corrected chi connectivity index (χ2v) is 8.28. The number of hydrogen-bond donors (Lipinski definition) is 1. The fourth-order valence-electron chi connectivity index (χ4n) is 2.44. The van der Waals surface area contributed by atoms with E-state index in [2.05, 4.69) is 5.09 Å². The highest BCUT2D eigenvalue weighted by Gasteiger charge is 2.29. The first-order valence-corrected chi connectivity index (χ1v) is 10.9. The van der Waals surface area contributed by atoms with Crippen molar-refractivity contribution in [3.8, 4) is 5.75 Å². The van der Waals surface area contributed by atoms with Gasteiger partial charge in [-0.15, -0.1) is 0 Å². The van der Waals surface area contributed by atoms with Crippen LogP contribution in [0.4, 0.5) is 0 Å². The number of unbranched alkanes of at least 4 members (excludes halogenated alkanes) is 1. The lowest BCUT2D eigenvalue weighted by Crippen LogP contribution is -2.39. The standard InChI is InChI=1S/C20H26NO4P/c1-3-4-15-24-20(22)19(16-17-11-7-5-8-12-17)21-26(2,23)25-18-13-9-6-10-14-18/h5-14,19H,3-4,15-16H2,1-2H3,(H,21,23). The van der Waals surface area contributed by atoms with Crippen LogP contribution in [0.25, 0.3) is 0 Å². The van der Waals surface area contributed by atoms with Crippen molar-refractivity contribution in [3.05, 3.63) is 66.2 Å². The minimum atomic E-state index is -3.25.